The van der Waals surface area contributed by atoms with E-state index in [1.165, 1.54) is 32.4 Å². The van der Waals surface area contributed by atoms with E-state index in [9.17, 15) is 8.42 Å². The Labute approximate surface area is 193 Å². The molecule has 3 aliphatic rings. The van der Waals surface area contributed by atoms with Crippen molar-refractivity contribution in [3.05, 3.63) is 0 Å². The van der Waals surface area contributed by atoms with Crippen molar-refractivity contribution < 1.29 is 13.2 Å². The van der Waals surface area contributed by atoms with E-state index in [1.807, 2.05) is 13.8 Å². The van der Waals surface area contributed by atoms with Gasteiger partial charge in [0.1, 0.15) is 0 Å². The lowest BCUT2D eigenvalue weighted by Gasteiger charge is -2.36. The van der Waals surface area contributed by atoms with E-state index in [0.717, 1.165) is 18.5 Å². The molecule has 0 spiro atoms. The molecule has 0 aromatic rings. The van der Waals surface area contributed by atoms with Crippen LogP contribution in [0.2, 0.25) is 0 Å². The lowest BCUT2D eigenvalue weighted by molar-refractivity contribution is 0.0904. The average molecular weight is 544 g/mol. The first kappa shape index (κ1) is 25.1. The fourth-order valence-electron chi connectivity index (χ4n) is 4.06. The van der Waals surface area contributed by atoms with Gasteiger partial charge in [-0.3, -0.25) is 4.99 Å². The van der Waals surface area contributed by atoms with Gasteiger partial charge in [-0.2, -0.15) is 4.31 Å². The molecule has 170 valence electrons. The summed E-state index contributed by atoms with van der Waals surface area (Å²) in [4.78, 5) is 9.22. The number of ether oxygens (including phenoxy) is 1. The van der Waals surface area contributed by atoms with Crippen LogP contribution >= 0.6 is 24.0 Å². The number of guanidine groups is 1. The van der Waals surface area contributed by atoms with Crippen LogP contribution in [-0.4, -0.2) is 106 Å². The number of piperazine rings is 1. The number of nitrogens with zero attached hydrogens (tertiary/aromatic N) is 4. The fourth-order valence-corrected chi connectivity index (χ4v) is 5.35. The Bertz CT molecular complexity index is 634. The number of sulfonamides is 1. The van der Waals surface area contributed by atoms with E-state index in [2.05, 4.69) is 20.1 Å². The Morgan fingerprint density at radius 1 is 1.14 bits per heavy atom. The van der Waals surface area contributed by atoms with Gasteiger partial charge < -0.3 is 19.9 Å². The van der Waals surface area contributed by atoms with Crippen molar-refractivity contribution in [1.29, 1.82) is 0 Å². The monoisotopic (exact) mass is 543 g/mol. The topological polar surface area (TPSA) is 77.5 Å². The predicted octanol–water partition coefficient (Wildman–Crippen LogP) is 1.04. The largest absolute Gasteiger partial charge is 0.378 e. The molecule has 2 saturated heterocycles. The minimum absolute atomic E-state index is 0. The number of rotatable bonds is 8. The van der Waals surface area contributed by atoms with Gasteiger partial charge in [0.05, 0.1) is 18.5 Å². The molecule has 3 rings (SSSR count). The third-order valence-corrected chi connectivity index (χ3v) is 7.70. The highest BCUT2D eigenvalue weighted by atomic mass is 127. The van der Waals surface area contributed by atoms with Gasteiger partial charge in [0.25, 0.3) is 0 Å². The number of hydrogen-bond donors (Lipinski definition) is 1. The Hall–Kier alpha value is -0.170. The third-order valence-electron chi connectivity index (χ3n) is 5.87. The van der Waals surface area contributed by atoms with Gasteiger partial charge in [0, 0.05) is 52.4 Å². The molecule has 1 aliphatic carbocycles. The van der Waals surface area contributed by atoms with Crippen LogP contribution in [-0.2, 0) is 14.8 Å². The second-order valence-corrected chi connectivity index (χ2v) is 10.5. The van der Waals surface area contributed by atoms with Gasteiger partial charge in [-0.25, -0.2) is 8.42 Å². The minimum Gasteiger partial charge on any atom is -0.378 e. The zero-order chi connectivity index (χ0) is 20.1. The van der Waals surface area contributed by atoms with Crippen molar-refractivity contribution in [1.82, 2.24) is 19.4 Å². The number of hydrogen-bond acceptors (Lipinski definition) is 5. The molecular weight excluding hydrogens is 505 g/mol. The van der Waals surface area contributed by atoms with Crippen molar-refractivity contribution in [3.63, 3.8) is 0 Å². The maximum atomic E-state index is 12.5. The van der Waals surface area contributed by atoms with Crippen LogP contribution in [0.3, 0.4) is 0 Å². The van der Waals surface area contributed by atoms with Crippen molar-refractivity contribution in [3.8, 4) is 0 Å². The SMILES string of the molecule is CN=C(NCC1CCN(C2CC2)C1)N1CCN(S(=O)(=O)CCOC(C)C)CC1.I. The van der Waals surface area contributed by atoms with Crippen molar-refractivity contribution >= 4 is 40.0 Å². The maximum absolute atomic E-state index is 12.5. The summed E-state index contributed by atoms with van der Waals surface area (Å²) >= 11 is 0. The van der Waals surface area contributed by atoms with E-state index in [0.29, 0.717) is 32.1 Å². The van der Waals surface area contributed by atoms with Crippen LogP contribution < -0.4 is 5.32 Å². The van der Waals surface area contributed by atoms with Crippen molar-refractivity contribution in [2.24, 2.45) is 10.9 Å². The van der Waals surface area contributed by atoms with Gasteiger partial charge in [0.2, 0.25) is 10.0 Å². The minimum atomic E-state index is -3.25. The molecule has 1 N–H and O–H groups in total. The molecule has 29 heavy (non-hydrogen) atoms. The second kappa shape index (κ2) is 11.4. The highest BCUT2D eigenvalue weighted by molar-refractivity contribution is 14.0. The first-order valence-electron chi connectivity index (χ1n) is 10.7. The second-order valence-electron chi connectivity index (χ2n) is 8.43. The lowest BCUT2D eigenvalue weighted by atomic mass is 10.1. The number of nitrogens with one attached hydrogen (secondary N) is 1. The van der Waals surface area contributed by atoms with Crippen LogP contribution in [0.25, 0.3) is 0 Å². The molecule has 1 atom stereocenters. The van der Waals surface area contributed by atoms with E-state index < -0.39 is 10.0 Å². The quantitative estimate of drug-likeness (QED) is 0.280. The number of likely N-dealkylation sites (tertiary alicyclic amines) is 1. The van der Waals surface area contributed by atoms with Gasteiger partial charge >= 0.3 is 0 Å². The Balaban J connectivity index is 0.00000300. The van der Waals surface area contributed by atoms with Crippen LogP contribution in [0, 0.1) is 5.92 Å². The molecule has 0 amide bonds. The summed E-state index contributed by atoms with van der Waals surface area (Å²) < 4.78 is 32.0. The molecule has 2 heterocycles. The predicted molar refractivity (Wildman–Crippen MR) is 127 cm³/mol. The molecule has 2 aliphatic heterocycles. The average Bonchev–Trinajstić information content (AvgIpc) is 3.41. The van der Waals surface area contributed by atoms with Crippen molar-refractivity contribution in [2.45, 2.75) is 45.3 Å². The summed E-state index contributed by atoms with van der Waals surface area (Å²) in [5, 5.41) is 3.52. The molecule has 0 radical (unpaired) electrons. The first-order valence-corrected chi connectivity index (χ1v) is 12.3. The summed E-state index contributed by atoms with van der Waals surface area (Å²) in [6.07, 6.45) is 4.06. The van der Waals surface area contributed by atoms with Gasteiger partial charge in [-0.15, -0.1) is 24.0 Å². The normalized spacial score (nSPS) is 24.8. The van der Waals surface area contributed by atoms with Gasteiger partial charge in [-0.1, -0.05) is 0 Å². The van der Waals surface area contributed by atoms with Gasteiger partial charge in [0.15, 0.2) is 5.96 Å². The van der Waals surface area contributed by atoms with Crippen LogP contribution in [0.4, 0.5) is 0 Å². The van der Waals surface area contributed by atoms with Crippen LogP contribution in [0.5, 0.6) is 0 Å². The Morgan fingerprint density at radius 2 is 1.83 bits per heavy atom. The molecule has 0 aromatic heterocycles. The third kappa shape index (κ3) is 7.48. The highest BCUT2D eigenvalue weighted by Gasteiger charge is 2.34. The van der Waals surface area contributed by atoms with Crippen LogP contribution in [0.1, 0.15) is 33.1 Å². The number of aliphatic imine (C=N–C) groups is 1. The summed E-state index contributed by atoms with van der Waals surface area (Å²) in [6.45, 7) is 9.80. The van der Waals surface area contributed by atoms with E-state index in [-0.39, 0.29) is 42.4 Å². The standard InChI is InChI=1S/C19H37N5O3S.HI/c1-16(2)27-12-13-28(25,26)24-10-8-22(9-11-24)19(20-3)21-14-17-6-7-23(15-17)18-4-5-18;/h16-18H,4-15H2,1-3H3,(H,20,21);1H. The van der Waals surface area contributed by atoms with Crippen molar-refractivity contribution in [2.75, 3.05) is 65.2 Å². The summed E-state index contributed by atoms with van der Waals surface area (Å²) in [5.41, 5.74) is 0. The maximum Gasteiger partial charge on any atom is 0.216 e. The highest BCUT2D eigenvalue weighted by Crippen LogP contribution is 2.31. The lowest BCUT2D eigenvalue weighted by Crippen LogP contribution is -2.54. The molecule has 10 heteroatoms. The number of halogens is 1. The molecule has 0 bridgehead atoms. The molecule has 1 saturated carbocycles. The van der Waals surface area contributed by atoms with Crippen LogP contribution in [0.15, 0.2) is 4.99 Å². The molecule has 0 aromatic carbocycles. The Kier molecular flexibility index (Phi) is 9.91. The smallest absolute Gasteiger partial charge is 0.216 e. The molecular formula is C19H38IN5O3S. The zero-order valence-corrected chi connectivity index (χ0v) is 21.2. The first-order chi connectivity index (χ1) is 13.4. The summed E-state index contributed by atoms with van der Waals surface area (Å²) in [7, 11) is -1.45. The fraction of sp³-hybridized carbons (Fsp3) is 0.947. The van der Waals surface area contributed by atoms with Gasteiger partial charge in [-0.05, 0) is 45.6 Å². The summed E-state index contributed by atoms with van der Waals surface area (Å²) in [5.74, 6) is 1.63. The molecule has 3 fully saturated rings. The van der Waals surface area contributed by atoms with E-state index in [4.69, 9.17) is 4.74 Å². The van der Waals surface area contributed by atoms with E-state index in [1.54, 1.807) is 11.4 Å². The Morgan fingerprint density at radius 3 is 2.41 bits per heavy atom. The molecule has 1 unspecified atom stereocenters. The zero-order valence-electron chi connectivity index (χ0n) is 18.0. The van der Waals surface area contributed by atoms with E-state index >= 15 is 0 Å². The summed E-state index contributed by atoms with van der Waals surface area (Å²) in [6, 6.07) is 0.852. The molecule has 8 nitrogen and oxygen atoms in total.